The van der Waals surface area contributed by atoms with Crippen LogP contribution in [0.1, 0.15) is 28.5 Å². The van der Waals surface area contributed by atoms with Crippen LogP contribution in [0, 0.1) is 6.92 Å². The summed E-state index contributed by atoms with van der Waals surface area (Å²) in [4.78, 5) is 33.2. The highest BCUT2D eigenvalue weighted by Crippen LogP contribution is 2.36. The molecule has 0 aliphatic carbocycles. The van der Waals surface area contributed by atoms with Crippen molar-refractivity contribution >= 4 is 28.9 Å². The fraction of sp³-hybridized carbons (Fsp3) is 0.190. The molecule has 0 bridgehead atoms. The Hall–Kier alpha value is -4.01. The molecule has 9 nitrogen and oxygen atoms in total. The second-order valence-corrected chi connectivity index (χ2v) is 7.00. The molecular formula is C21H21N7O2. The Labute approximate surface area is 173 Å². The van der Waals surface area contributed by atoms with Crippen LogP contribution in [-0.2, 0) is 11.8 Å². The molecule has 3 aromatic rings. The summed E-state index contributed by atoms with van der Waals surface area (Å²) >= 11 is 0. The summed E-state index contributed by atoms with van der Waals surface area (Å²) < 4.78 is 1.48. The minimum absolute atomic E-state index is 0.223. The molecule has 0 fully saturated rings. The second-order valence-electron chi connectivity index (χ2n) is 7.00. The van der Waals surface area contributed by atoms with Gasteiger partial charge in [0.2, 0.25) is 0 Å². The van der Waals surface area contributed by atoms with Crippen molar-refractivity contribution in [3.05, 3.63) is 59.3 Å². The summed E-state index contributed by atoms with van der Waals surface area (Å²) in [6, 6.07) is 5.43. The third-order valence-electron chi connectivity index (χ3n) is 4.99. The number of aromatic nitrogens is 4. The molecule has 0 saturated heterocycles. The fourth-order valence-electron chi connectivity index (χ4n) is 3.44. The van der Waals surface area contributed by atoms with Crippen molar-refractivity contribution < 1.29 is 9.59 Å². The van der Waals surface area contributed by atoms with Crippen molar-refractivity contribution in [3.63, 3.8) is 0 Å². The van der Waals surface area contributed by atoms with Gasteiger partial charge in [0.05, 0.1) is 23.2 Å². The van der Waals surface area contributed by atoms with Crippen LogP contribution >= 0.6 is 0 Å². The normalized spacial score (nSPS) is 14.2. The van der Waals surface area contributed by atoms with E-state index in [2.05, 4.69) is 31.0 Å². The van der Waals surface area contributed by atoms with Crippen LogP contribution in [0.25, 0.3) is 16.8 Å². The number of rotatable bonds is 4. The van der Waals surface area contributed by atoms with Gasteiger partial charge < -0.3 is 16.0 Å². The van der Waals surface area contributed by atoms with Crippen molar-refractivity contribution in [1.82, 2.24) is 25.1 Å². The average Bonchev–Trinajstić information content (AvgIpc) is 3.25. The van der Waals surface area contributed by atoms with Gasteiger partial charge in [-0.05, 0) is 31.5 Å². The zero-order chi connectivity index (χ0) is 21.4. The maximum atomic E-state index is 12.7. The number of nitrogens with zero attached hydrogens (tertiary/aromatic N) is 4. The molecule has 4 rings (SSSR count). The Balaban J connectivity index is 1.73. The number of fused-ring (bicyclic) bond motifs is 1. The summed E-state index contributed by atoms with van der Waals surface area (Å²) in [5.74, 6) is 0.00826. The van der Waals surface area contributed by atoms with E-state index in [1.165, 1.54) is 4.68 Å². The summed E-state index contributed by atoms with van der Waals surface area (Å²) in [6.45, 7) is 3.79. The lowest BCUT2D eigenvalue weighted by molar-refractivity contribution is -0.110. The molecule has 30 heavy (non-hydrogen) atoms. The lowest BCUT2D eigenvalue weighted by atomic mass is 10.0. The third-order valence-corrected chi connectivity index (χ3v) is 4.99. The number of allylic oxidation sites excluding steroid dienone is 1. The largest absolute Gasteiger partial charge is 0.354 e. The van der Waals surface area contributed by atoms with Crippen molar-refractivity contribution in [2.45, 2.75) is 13.8 Å². The monoisotopic (exact) mass is 403 g/mol. The average molecular weight is 403 g/mol. The van der Waals surface area contributed by atoms with Gasteiger partial charge in [-0.25, -0.2) is 0 Å². The SMILES string of the molecule is CNC(=O)c1cc(N/C(C)=C2\C(=O)Nc3cnc(-c4cnccc4C)cc32)nn1C. The van der Waals surface area contributed by atoms with E-state index >= 15 is 0 Å². The Kier molecular flexibility index (Phi) is 4.78. The highest BCUT2D eigenvalue weighted by Gasteiger charge is 2.28. The quantitative estimate of drug-likeness (QED) is 0.576. The molecule has 2 amide bonds. The molecule has 0 saturated carbocycles. The first-order chi connectivity index (χ1) is 14.4. The van der Waals surface area contributed by atoms with Gasteiger partial charge in [0.25, 0.3) is 11.8 Å². The molecule has 0 radical (unpaired) electrons. The van der Waals surface area contributed by atoms with Gasteiger partial charge in [-0.1, -0.05) is 0 Å². The molecule has 0 aromatic carbocycles. The molecule has 152 valence electrons. The molecule has 0 spiro atoms. The van der Waals surface area contributed by atoms with Gasteiger partial charge in [-0.15, -0.1) is 0 Å². The van der Waals surface area contributed by atoms with E-state index in [0.717, 1.165) is 22.4 Å². The summed E-state index contributed by atoms with van der Waals surface area (Å²) in [5, 5.41) is 12.9. The molecule has 9 heteroatoms. The molecular weight excluding hydrogens is 382 g/mol. The number of hydrogen-bond donors (Lipinski definition) is 3. The number of anilines is 2. The molecule has 1 aliphatic rings. The van der Waals surface area contributed by atoms with E-state index in [1.54, 1.807) is 45.7 Å². The van der Waals surface area contributed by atoms with Crippen LogP contribution in [0.15, 0.2) is 42.5 Å². The van der Waals surface area contributed by atoms with Crippen molar-refractivity contribution in [2.75, 3.05) is 17.7 Å². The minimum Gasteiger partial charge on any atom is -0.354 e. The van der Waals surface area contributed by atoms with Crippen LogP contribution < -0.4 is 16.0 Å². The predicted octanol–water partition coefficient (Wildman–Crippen LogP) is 2.34. The Bertz CT molecular complexity index is 1210. The Morgan fingerprint density at radius 3 is 2.73 bits per heavy atom. The van der Waals surface area contributed by atoms with Crippen LogP contribution in [0.4, 0.5) is 11.5 Å². The van der Waals surface area contributed by atoms with Gasteiger partial charge in [0, 0.05) is 49.4 Å². The maximum Gasteiger partial charge on any atom is 0.269 e. The molecule has 0 atom stereocenters. The second kappa shape index (κ2) is 7.43. The van der Waals surface area contributed by atoms with Gasteiger partial charge in [-0.3, -0.25) is 24.2 Å². The summed E-state index contributed by atoms with van der Waals surface area (Å²) in [5.41, 5.74) is 5.62. The number of carbonyl (C=O) groups is 2. The zero-order valence-corrected chi connectivity index (χ0v) is 17.1. The highest BCUT2D eigenvalue weighted by atomic mass is 16.2. The summed E-state index contributed by atoms with van der Waals surface area (Å²) in [7, 11) is 3.25. The maximum absolute atomic E-state index is 12.7. The number of amides is 2. The van der Waals surface area contributed by atoms with Crippen molar-refractivity contribution in [3.8, 4) is 11.3 Å². The van der Waals surface area contributed by atoms with Crippen LogP contribution in [0.5, 0.6) is 0 Å². The number of hydrogen-bond acceptors (Lipinski definition) is 6. The number of nitrogens with one attached hydrogen (secondary N) is 3. The number of aryl methyl sites for hydroxylation is 2. The van der Waals surface area contributed by atoms with Gasteiger partial charge in [-0.2, -0.15) is 5.10 Å². The number of pyridine rings is 2. The van der Waals surface area contributed by atoms with E-state index < -0.39 is 0 Å². The lowest BCUT2D eigenvalue weighted by Crippen LogP contribution is -2.20. The first-order valence-corrected chi connectivity index (χ1v) is 9.35. The molecule has 3 N–H and O–H groups in total. The standard InChI is InChI=1S/C21H21N7O2/c1-11-5-6-23-9-14(11)15-7-13-16(10-24-15)26-21(30)19(13)12(2)25-18-8-17(20(29)22-3)28(4)27-18/h5-10H,1-4H3,(H,22,29)(H,25,27)(H,26,30)/b19-12-. The molecule has 4 heterocycles. The van der Waals surface area contributed by atoms with E-state index in [4.69, 9.17) is 0 Å². The van der Waals surface area contributed by atoms with Crippen LogP contribution in [0.3, 0.4) is 0 Å². The third kappa shape index (κ3) is 3.30. The van der Waals surface area contributed by atoms with E-state index in [1.807, 2.05) is 19.1 Å². The first kappa shape index (κ1) is 19.3. The van der Waals surface area contributed by atoms with Crippen molar-refractivity contribution in [1.29, 1.82) is 0 Å². The van der Waals surface area contributed by atoms with E-state index in [0.29, 0.717) is 28.5 Å². The fourth-order valence-corrected chi connectivity index (χ4v) is 3.44. The molecule has 1 aliphatic heterocycles. The zero-order valence-electron chi connectivity index (χ0n) is 17.1. The minimum atomic E-state index is -0.241. The smallest absolute Gasteiger partial charge is 0.269 e. The first-order valence-electron chi connectivity index (χ1n) is 9.35. The Morgan fingerprint density at radius 2 is 2.00 bits per heavy atom. The van der Waals surface area contributed by atoms with Crippen LogP contribution in [-0.4, -0.2) is 38.6 Å². The lowest BCUT2D eigenvalue weighted by Gasteiger charge is -2.09. The molecule has 0 unspecified atom stereocenters. The van der Waals surface area contributed by atoms with Crippen LogP contribution in [0.2, 0.25) is 0 Å². The van der Waals surface area contributed by atoms with E-state index in [-0.39, 0.29) is 11.8 Å². The summed E-state index contributed by atoms with van der Waals surface area (Å²) in [6.07, 6.45) is 5.15. The van der Waals surface area contributed by atoms with Gasteiger partial charge in [0.1, 0.15) is 5.69 Å². The van der Waals surface area contributed by atoms with E-state index in [9.17, 15) is 9.59 Å². The predicted molar refractivity (Wildman–Crippen MR) is 114 cm³/mol. The Morgan fingerprint density at radius 1 is 1.20 bits per heavy atom. The van der Waals surface area contributed by atoms with Gasteiger partial charge >= 0.3 is 0 Å². The highest BCUT2D eigenvalue weighted by molar-refractivity contribution is 6.32. The number of carbonyl (C=O) groups excluding carboxylic acids is 2. The molecule has 3 aromatic heterocycles. The van der Waals surface area contributed by atoms with Crippen molar-refractivity contribution in [2.24, 2.45) is 7.05 Å². The topological polar surface area (TPSA) is 114 Å². The van der Waals surface area contributed by atoms with Gasteiger partial charge in [0.15, 0.2) is 5.82 Å².